The van der Waals surface area contributed by atoms with E-state index in [2.05, 4.69) is 13.8 Å². The van der Waals surface area contributed by atoms with E-state index in [0.29, 0.717) is 0 Å². The molecule has 0 nitrogen and oxygen atoms in total. The highest BCUT2D eigenvalue weighted by Gasteiger charge is 2.41. The second-order valence-electron chi connectivity index (χ2n) is 5.01. The van der Waals surface area contributed by atoms with Gasteiger partial charge in [-0.2, -0.15) is 0 Å². The molecule has 2 saturated carbocycles. The van der Waals surface area contributed by atoms with E-state index >= 15 is 0 Å². The van der Waals surface area contributed by atoms with E-state index in [0.717, 1.165) is 23.7 Å². The fourth-order valence-electron chi connectivity index (χ4n) is 3.25. The maximum absolute atomic E-state index is 2.47. The molecule has 0 aromatic rings. The molecule has 3 atom stereocenters. The van der Waals surface area contributed by atoms with Crippen LogP contribution in [0.1, 0.15) is 52.4 Å². The molecule has 0 bridgehead atoms. The molecule has 0 N–H and O–H groups in total. The Morgan fingerprint density at radius 1 is 1.08 bits per heavy atom. The van der Waals surface area contributed by atoms with Gasteiger partial charge in [0.25, 0.3) is 0 Å². The molecule has 2 aliphatic rings. The molecular weight excluding hydrogens is 144 g/mol. The summed E-state index contributed by atoms with van der Waals surface area (Å²) >= 11 is 0. The topological polar surface area (TPSA) is 0 Å². The van der Waals surface area contributed by atoms with Gasteiger partial charge in [-0.1, -0.05) is 33.1 Å². The van der Waals surface area contributed by atoms with Crippen molar-refractivity contribution in [3.05, 3.63) is 0 Å². The van der Waals surface area contributed by atoms with Crippen molar-refractivity contribution in [2.75, 3.05) is 0 Å². The average molecular weight is 166 g/mol. The highest BCUT2D eigenvalue weighted by Crippen LogP contribution is 2.51. The predicted molar refractivity (Wildman–Crippen MR) is 53.0 cm³/mol. The maximum atomic E-state index is 2.47. The molecule has 0 heterocycles. The third kappa shape index (κ3) is 1.53. The van der Waals surface area contributed by atoms with Gasteiger partial charge >= 0.3 is 0 Å². The van der Waals surface area contributed by atoms with Gasteiger partial charge in [0, 0.05) is 0 Å². The molecule has 0 amide bonds. The molecule has 3 unspecified atom stereocenters. The minimum absolute atomic E-state index is 1.04. The zero-order chi connectivity index (χ0) is 8.55. The van der Waals surface area contributed by atoms with E-state index in [4.69, 9.17) is 0 Å². The van der Waals surface area contributed by atoms with E-state index < -0.39 is 0 Å². The zero-order valence-corrected chi connectivity index (χ0v) is 8.55. The lowest BCUT2D eigenvalue weighted by Crippen LogP contribution is -2.14. The highest BCUT2D eigenvalue weighted by molar-refractivity contribution is 4.91. The van der Waals surface area contributed by atoms with Gasteiger partial charge in [-0.05, 0) is 42.9 Å². The predicted octanol–water partition coefficient (Wildman–Crippen LogP) is 3.86. The second kappa shape index (κ2) is 3.40. The third-order valence-electron chi connectivity index (χ3n) is 4.09. The Morgan fingerprint density at radius 2 is 1.83 bits per heavy atom. The first-order valence-corrected chi connectivity index (χ1v) is 5.83. The lowest BCUT2D eigenvalue weighted by Gasteiger charge is -2.21. The summed E-state index contributed by atoms with van der Waals surface area (Å²) in [6.07, 6.45) is 9.08. The van der Waals surface area contributed by atoms with Crippen LogP contribution in [0.3, 0.4) is 0 Å². The van der Waals surface area contributed by atoms with Crippen molar-refractivity contribution in [1.29, 1.82) is 0 Å². The molecule has 12 heavy (non-hydrogen) atoms. The van der Waals surface area contributed by atoms with Crippen molar-refractivity contribution < 1.29 is 0 Å². The van der Waals surface area contributed by atoms with Crippen LogP contribution in [0.15, 0.2) is 0 Å². The smallest absolute Gasteiger partial charge is 0.0355 e. The van der Waals surface area contributed by atoms with Crippen LogP contribution in [-0.4, -0.2) is 0 Å². The molecule has 0 radical (unpaired) electrons. The van der Waals surface area contributed by atoms with Gasteiger partial charge in [0.2, 0.25) is 0 Å². The van der Waals surface area contributed by atoms with Crippen LogP contribution in [-0.2, 0) is 0 Å². The van der Waals surface area contributed by atoms with Crippen LogP contribution >= 0.6 is 0 Å². The van der Waals surface area contributed by atoms with Crippen molar-refractivity contribution in [3.63, 3.8) is 0 Å². The van der Waals surface area contributed by atoms with Crippen molar-refractivity contribution in [1.82, 2.24) is 0 Å². The van der Waals surface area contributed by atoms with E-state index in [1.54, 1.807) is 19.3 Å². The van der Waals surface area contributed by atoms with E-state index in [1.165, 1.54) is 19.3 Å². The van der Waals surface area contributed by atoms with Crippen LogP contribution in [0.5, 0.6) is 0 Å². The Hall–Kier alpha value is 0. The van der Waals surface area contributed by atoms with Crippen LogP contribution in [0, 0.1) is 23.7 Å². The van der Waals surface area contributed by atoms with Gasteiger partial charge in [0.15, 0.2) is 0 Å². The minimum atomic E-state index is 1.04. The molecule has 0 heteroatoms. The van der Waals surface area contributed by atoms with Crippen LogP contribution < -0.4 is 0 Å². The first kappa shape index (κ1) is 8.59. The Balaban J connectivity index is 1.93. The first-order chi connectivity index (χ1) is 5.83. The summed E-state index contributed by atoms with van der Waals surface area (Å²) < 4.78 is 0. The summed E-state index contributed by atoms with van der Waals surface area (Å²) in [5, 5.41) is 0. The average Bonchev–Trinajstić information content (AvgIpc) is 2.82. The summed E-state index contributed by atoms with van der Waals surface area (Å²) in [6.45, 7) is 4.82. The molecule has 0 aliphatic heterocycles. The van der Waals surface area contributed by atoms with E-state index in [9.17, 15) is 0 Å². The molecule has 0 aromatic heterocycles. The van der Waals surface area contributed by atoms with Crippen molar-refractivity contribution in [2.24, 2.45) is 23.7 Å². The monoisotopic (exact) mass is 166 g/mol. The normalized spacial score (nSPS) is 42.0. The zero-order valence-electron chi connectivity index (χ0n) is 8.55. The number of hydrogen-bond donors (Lipinski definition) is 0. The lowest BCUT2D eigenvalue weighted by atomic mass is 9.84. The second-order valence-corrected chi connectivity index (χ2v) is 5.01. The largest absolute Gasteiger partial charge is 0.0654 e. The Labute approximate surface area is 76.7 Å². The van der Waals surface area contributed by atoms with Gasteiger partial charge < -0.3 is 0 Å². The Kier molecular flexibility index (Phi) is 2.43. The van der Waals surface area contributed by atoms with E-state index in [1.807, 2.05) is 0 Å². The van der Waals surface area contributed by atoms with Crippen molar-refractivity contribution in [2.45, 2.75) is 52.4 Å². The number of hydrogen-bond acceptors (Lipinski definition) is 0. The van der Waals surface area contributed by atoms with Crippen LogP contribution in [0.4, 0.5) is 0 Å². The maximum Gasteiger partial charge on any atom is -0.0355 e. The molecule has 2 rings (SSSR count). The van der Waals surface area contributed by atoms with Crippen LogP contribution in [0.25, 0.3) is 0 Å². The van der Waals surface area contributed by atoms with E-state index in [-0.39, 0.29) is 0 Å². The first-order valence-electron chi connectivity index (χ1n) is 5.83. The number of rotatable bonds is 3. The molecule has 2 fully saturated rings. The third-order valence-corrected chi connectivity index (χ3v) is 4.09. The molecule has 0 spiro atoms. The summed E-state index contributed by atoms with van der Waals surface area (Å²) in [6, 6.07) is 0. The standard InChI is InChI=1S/C12H22/c1-3-4-11-9(2)5-8-12(11)10-6-7-10/h9-12H,3-8H2,1-2H3. The van der Waals surface area contributed by atoms with Gasteiger partial charge in [0.05, 0.1) is 0 Å². The molecule has 2 aliphatic carbocycles. The Bertz CT molecular complexity index is 146. The quantitative estimate of drug-likeness (QED) is 0.597. The fraction of sp³-hybridized carbons (Fsp3) is 1.00. The van der Waals surface area contributed by atoms with Gasteiger partial charge in [0.1, 0.15) is 0 Å². The van der Waals surface area contributed by atoms with Crippen LogP contribution in [0.2, 0.25) is 0 Å². The van der Waals surface area contributed by atoms with Gasteiger partial charge in [-0.25, -0.2) is 0 Å². The molecule has 0 saturated heterocycles. The lowest BCUT2D eigenvalue weighted by molar-refractivity contribution is 0.277. The SMILES string of the molecule is CCCC1C(C)CCC1C1CC1. The summed E-state index contributed by atoms with van der Waals surface area (Å²) in [5.41, 5.74) is 0. The van der Waals surface area contributed by atoms with Gasteiger partial charge in [-0.3, -0.25) is 0 Å². The summed E-state index contributed by atoms with van der Waals surface area (Å²) in [4.78, 5) is 0. The molecular formula is C12H22. The molecule has 0 aromatic carbocycles. The molecule has 70 valence electrons. The van der Waals surface area contributed by atoms with Crippen molar-refractivity contribution >= 4 is 0 Å². The fourth-order valence-corrected chi connectivity index (χ4v) is 3.25. The summed E-state index contributed by atoms with van der Waals surface area (Å²) in [7, 11) is 0. The van der Waals surface area contributed by atoms with Crippen molar-refractivity contribution in [3.8, 4) is 0 Å². The minimum Gasteiger partial charge on any atom is -0.0654 e. The van der Waals surface area contributed by atoms with Gasteiger partial charge in [-0.15, -0.1) is 0 Å². The highest BCUT2D eigenvalue weighted by atomic mass is 14.5. The Morgan fingerprint density at radius 3 is 2.42 bits per heavy atom. The summed E-state index contributed by atoms with van der Waals surface area (Å²) in [5.74, 6) is 4.43.